The normalized spacial score (nSPS) is 13.1. The first-order valence-electron chi connectivity index (χ1n) is 6.90. The smallest absolute Gasteiger partial charge is 0.225 e. The first-order valence-corrected chi connectivity index (χ1v) is 7.70. The van der Waals surface area contributed by atoms with Gasteiger partial charge in [-0.25, -0.2) is 0 Å². The number of hydrogen-bond acceptors (Lipinski definition) is 1. The van der Waals surface area contributed by atoms with Crippen molar-refractivity contribution in [1.29, 1.82) is 0 Å². The zero-order valence-corrected chi connectivity index (χ0v) is 13.9. The molecule has 1 atom stereocenters. The Morgan fingerprint density at radius 2 is 1.89 bits per heavy atom. The van der Waals surface area contributed by atoms with Crippen molar-refractivity contribution in [3.05, 3.63) is 34.3 Å². The number of hydrogen-bond donors (Lipinski definition) is 1. The Balaban J connectivity index is 2.42. The quantitative estimate of drug-likeness (QED) is 0.829. The molecule has 2 nitrogen and oxygen atoms in total. The summed E-state index contributed by atoms with van der Waals surface area (Å²) in [6.45, 7) is 8.10. The molecular weight excluding hydrogens is 302 g/mol. The molecule has 1 aromatic rings. The molecule has 0 saturated carbocycles. The van der Waals surface area contributed by atoms with Crippen LogP contribution in [0, 0.1) is 5.41 Å². The number of aryl methyl sites for hydroxylation is 1. The standard InChI is InChI=1S/C16H24BrNO/c1-5-16(3,4)15(19)18-12(2)6-7-13-8-10-14(17)11-9-13/h8-12H,5-7H2,1-4H3,(H,18,19). The van der Waals surface area contributed by atoms with E-state index in [1.807, 2.05) is 20.8 Å². The SMILES string of the molecule is CCC(C)(C)C(=O)NC(C)CCc1ccc(Br)cc1. The molecular formula is C16H24BrNO. The third-order valence-electron chi connectivity index (χ3n) is 3.66. The summed E-state index contributed by atoms with van der Waals surface area (Å²) in [7, 11) is 0. The van der Waals surface area contributed by atoms with Crippen molar-refractivity contribution in [2.75, 3.05) is 0 Å². The van der Waals surface area contributed by atoms with Gasteiger partial charge in [-0.1, -0.05) is 48.8 Å². The zero-order chi connectivity index (χ0) is 14.5. The molecule has 0 radical (unpaired) electrons. The van der Waals surface area contributed by atoms with Crippen LogP contribution in [-0.2, 0) is 11.2 Å². The van der Waals surface area contributed by atoms with Gasteiger partial charge < -0.3 is 5.32 Å². The van der Waals surface area contributed by atoms with Crippen LogP contribution < -0.4 is 5.32 Å². The highest BCUT2D eigenvalue weighted by Gasteiger charge is 2.25. The molecule has 0 fully saturated rings. The van der Waals surface area contributed by atoms with Gasteiger partial charge in [0.25, 0.3) is 0 Å². The van der Waals surface area contributed by atoms with Gasteiger partial charge in [-0.05, 0) is 43.9 Å². The van der Waals surface area contributed by atoms with Crippen molar-refractivity contribution >= 4 is 21.8 Å². The van der Waals surface area contributed by atoms with Crippen LogP contribution in [0.2, 0.25) is 0 Å². The van der Waals surface area contributed by atoms with Crippen LogP contribution in [0.4, 0.5) is 0 Å². The van der Waals surface area contributed by atoms with E-state index >= 15 is 0 Å². The van der Waals surface area contributed by atoms with E-state index in [9.17, 15) is 4.79 Å². The fourth-order valence-corrected chi connectivity index (χ4v) is 1.95. The maximum atomic E-state index is 12.0. The molecule has 0 heterocycles. The Bertz CT molecular complexity index is 411. The predicted octanol–water partition coefficient (Wildman–Crippen LogP) is 4.32. The number of halogens is 1. The van der Waals surface area contributed by atoms with E-state index in [0.717, 1.165) is 23.7 Å². The second-order valence-electron chi connectivity index (χ2n) is 5.78. The molecule has 0 bridgehead atoms. The van der Waals surface area contributed by atoms with Crippen molar-refractivity contribution in [2.24, 2.45) is 5.41 Å². The van der Waals surface area contributed by atoms with E-state index in [0.29, 0.717) is 0 Å². The van der Waals surface area contributed by atoms with Crippen molar-refractivity contribution in [3.63, 3.8) is 0 Å². The number of nitrogens with one attached hydrogen (secondary N) is 1. The van der Waals surface area contributed by atoms with Gasteiger partial charge in [-0.3, -0.25) is 4.79 Å². The van der Waals surface area contributed by atoms with E-state index in [-0.39, 0.29) is 17.4 Å². The molecule has 0 spiro atoms. The van der Waals surface area contributed by atoms with E-state index < -0.39 is 0 Å². The fraction of sp³-hybridized carbons (Fsp3) is 0.562. The van der Waals surface area contributed by atoms with E-state index in [1.165, 1.54) is 5.56 Å². The minimum absolute atomic E-state index is 0.151. The van der Waals surface area contributed by atoms with Crippen LogP contribution in [0.15, 0.2) is 28.7 Å². The van der Waals surface area contributed by atoms with Crippen LogP contribution in [0.5, 0.6) is 0 Å². The van der Waals surface area contributed by atoms with Crippen LogP contribution in [0.1, 0.15) is 46.1 Å². The summed E-state index contributed by atoms with van der Waals surface area (Å²) in [5, 5.41) is 3.10. The molecule has 19 heavy (non-hydrogen) atoms. The topological polar surface area (TPSA) is 29.1 Å². The Kier molecular flexibility index (Phi) is 6.05. The van der Waals surface area contributed by atoms with Gasteiger partial charge in [0.1, 0.15) is 0 Å². The van der Waals surface area contributed by atoms with Crippen LogP contribution in [0.25, 0.3) is 0 Å². The summed E-state index contributed by atoms with van der Waals surface area (Å²) in [6, 6.07) is 8.56. The van der Waals surface area contributed by atoms with Gasteiger partial charge >= 0.3 is 0 Å². The van der Waals surface area contributed by atoms with Crippen LogP contribution in [-0.4, -0.2) is 11.9 Å². The average molecular weight is 326 g/mol. The molecule has 0 aromatic heterocycles. The van der Waals surface area contributed by atoms with Crippen molar-refractivity contribution in [1.82, 2.24) is 5.32 Å². The molecule has 3 heteroatoms. The third-order valence-corrected chi connectivity index (χ3v) is 4.18. The number of benzene rings is 1. The first-order chi connectivity index (χ1) is 8.85. The van der Waals surface area contributed by atoms with Gasteiger partial charge in [0.05, 0.1) is 0 Å². The van der Waals surface area contributed by atoms with Gasteiger partial charge in [-0.2, -0.15) is 0 Å². The molecule has 0 aliphatic heterocycles. The van der Waals surface area contributed by atoms with Gasteiger partial charge in [0.2, 0.25) is 5.91 Å². The van der Waals surface area contributed by atoms with E-state index in [4.69, 9.17) is 0 Å². The summed E-state index contributed by atoms with van der Waals surface area (Å²) >= 11 is 3.43. The predicted molar refractivity (Wildman–Crippen MR) is 84.1 cm³/mol. The largest absolute Gasteiger partial charge is 0.353 e. The number of amides is 1. The highest BCUT2D eigenvalue weighted by atomic mass is 79.9. The number of carbonyl (C=O) groups is 1. The number of carbonyl (C=O) groups excluding carboxylic acids is 1. The third kappa shape index (κ3) is 5.35. The lowest BCUT2D eigenvalue weighted by Crippen LogP contribution is -2.41. The monoisotopic (exact) mass is 325 g/mol. The van der Waals surface area contributed by atoms with Gasteiger partial charge in [-0.15, -0.1) is 0 Å². The maximum absolute atomic E-state index is 12.0. The van der Waals surface area contributed by atoms with Crippen molar-refractivity contribution in [3.8, 4) is 0 Å². The maximum Gasteiger partial charge on any atom is 0.225 e. The minimum Gasteiger partial charge on any atom is -0.353 e. The zero-order valence-electron chi connectivity index (χ0n) is 12.3. The van der Waals surface area contributed by atoms with Crippen LogP contribution in [0.3, 0.4) is 0 Å². The Morgan fingerprint density at radius 1 is 1.32 bits per heavy atom. The lowest BCUT2D eigenvalue weighted by molar-refractivity contribution is -0.130. The summed E-state index contributed by atoms with van der Waals surface area (Å²) in [4.78, 5) is 12.0. The molecule has 106 valence electrons. The summed E-state index contributed by atoms with van der Waals surface area (Å²) in [5.41, 5.74) is 1.03. The number of rotatable bonds is 6. The molecule has 1 amide bonds. The Labute approximate surface area is 125 Å². The van der Waals surface area contributed by atoms with Gasteiger partial charge in [0, 0.05) is 15.9 Å². The first kappa shape index (κ1) is 16.2. The average Bonchev–Trinajstić information content (AvgIpc) is 2.38. The van der Waals surface area contributed by atoms with Crippen molar-refractivity contribution in [2.45, 2.75) is 53.0 Å². The molecule has 1 N–H and O–H groups in total. The lowest BCUT2D eigenvalue weighted by Gasteiger charge is -2.24. The summed E-state index contributed by atoms with van der Waals surface area (Å²) in [6.07, 6.45) is 2.81. The van der Waals surface area contributed by atoms with Crippen molar-refractivity contribution < 1.29 is 4.79 Å². The minimum atomic E-state index is -0.272. The van der Waals surface area contributed by atoms with E-state index in [1.54, 1.807) is 0 Å². The lowest BCUT2D eigenvalue weighted by atomic mass is 9.89. The summed E-state index contributed by atoms with van der Waals surface area (Å²) < 4.78 is 1.10. The molecule has 1 aromatic carbocycles. The Morgan fingerprint density at radius 3 is 2.42 bits per heavy atom. The molecule has 1 unspecified atom stereocenters. The molecule has 0 aliphatic carbocycles. The Hall–Kier alpha value is -0.830. The molecule has 0 saturated heterocycles. The fourth-order valence-electron chi connectivity index (χ4n) is 1.69. The summed E-state index contributed by atoms with van der Waals surface area (Å²) in [5.74, 6) is 0.151. The second kappa shape index (κ2) is 7.09. The van der Waals surface area contributed by atoms with E-state index in [2.05, 4.69) is 52.4 Å². The second-order valence-corrected chi connectivity index (χ2v) is 6.69. The van der Waals surface area contributed by atoms with Crippen LogP contribution >= 0.6 is 15.9 Å². The molecule has 1 rings (SSSR count). The van der Waals surface area contributed by atoms with Gasteiger partial charge in [0.15, 0.2) is 0 Å². The highest BCUT2D eigenvalue weighted by Crippen LogP contribution is 2.20. The molecule has 0 aliphatic rings. The highest BCUT2D eigenvalue weighted by molar-refractivity contribution is 9.10.